The molecule has 0 unspecified atom stereocenters. The highest BCUT2D eigenvalue weighted by Gasteiger charge is 2.27. The minimum atomic E-state index is -0.199. The van der Waals surface area contributed by atoms with Gasteiger partial charge in [-0.2, -0.15) is 0 Å². The number of ether oxygens (including phenoxy) is 1. The molecule has 1 amide bonds. The van der Waals surface area contributed by atoms with Crippen LogP contribution in [0.2, 0.25) is 0 Å². The Morgan fingerprint density at radius 1 is 1.23 bits per heavy atom. The summed E-state index contributed by atoms with van der Waals surface area (Å²) in [4.78, 5) is 27.9. The van der Waals surface area contributed by atoms with Gasteiger partial charge >= 0.3 is 0 Å². The molecule has 2 aliphatic rings. The molecule has 0 atom stereocenters. The van der Waals surface area contributed by atoms with Crippen LogP contribution in [-0.2, 0) is 11.3 Å². The van der Waals surface area contributed by atoms with Crippen LogP contribution in [0.15, 0.2) is 46.3 Å². The highest BCUT2D eigenvalue weighted by Crippen LogP contribution is 2.31. The van der Waals surface area contributed by atoms with Gasteiger partial charge in [-0.25, -0.2) is 0 Å². The second-order valence-electron chi connectivity index (χ2n) is 7.62. The lowest BCUT2D eigenvalue weighted by molar-refractivity contribution is -0.118. The normalized spacial score (nSPS) is 17.3. The number of carbonyl (C=O) groups is 2. The Bertz CT molecular complexity index is 1070. The molecule has 154 valence electrons. The van der Waals surface area contributed by atoms with Gasteiger partial charge in [-0.15, -0.1) is 11.3 Å². The Morgan fingerprint density at radius 2 is 2.10 bits per heavy atom. The number of anilines is 1. The van der Waals surface area contributed by atoms with Gasteiger partial charge in [0.2, 0.25) is 0 Å². The molecule has 0 aliphatic carbocycles. The van der Waals surface area contributed by atoms with Crippen molar-refractivity contribution >= 4 is 28.7 Å². The molecule has 4 heterocycles. The third kappa shape index (κ3) is 3.88. The molecule has 0 bridgehead atoms. The summed E-state index contributed by atoms with van der Waals surface area (Å²) in [6.45, 7) is 2.40. The summed E-state index contributed by atoms with van der Waals surface area (Å²) < 4.78 is 10.8. The smallest absolute Gasteiger partial charge is 0.262 e. The number of hydrogen-bond donors (Lipinski definition) is 1. The number of rotatable bonds is 5. The molecule has 30 heavy (non-hydrogen) atoms. The molecule has 1 saturated heterocycles. The first-order valence-corrected chi connectivity index (χ1v) is 10.9. The van der Waals surface area contributed by atoms with Crippen molar-refractivity contribution in [2.45, 2.75) is 19.4 Å². The zero-order valence-corrected chi connectivity index (χ0v) is 17.1. The average molecular weight is 423 g/mol. The minimum Gasteiger partial charge on any atom is -0.482 e. The van der Waals surface area contributed by atoms with E-state index in [1.165, 1.54) is 0 Å². The van der Waals surface area contributed by atoms with Crippen molar-refractivity contribution in [3.05, 3.63) is 53.0 Å². The fourth-order valence-corrected chi connectivity index (χ4v) is 4.65. The average Bonchev–Trinajstić information content (AvgIpc) is 3.45. The third-order valence-electron chi connectivity index (χ3n) is 5.56. The van der Waals surface area contributed by atoms with Crippen molar-refractivity contribution < 1.29 is 18.8 Å². The van der Waals surface area contributed by atoms with Gasteiger partial charge in [0, 0.05) is 24.1 Å². The molecule has 2 aromatic heterocycles. The summed E-state index contributed by atoms with van der Waals surface area (Å²) in [7, 11) is 0. The molecule has 1 N–H and O–H groups in total. The Morgan fingerprint density at radius 3 is 2.90 bits per heavy atom. The SMILES string of the molecule is O=C1COc2ccc(C(=O)C3CCN(Cc4cc(-c5cccs5)on4)CC3)cc2N1. The molecule has 1 fully saturated rings. The van der Waals surface area contributed by atoms with E-state index in [1.807, 2.05) is 23.6 Å². The second kappa shape index (κ2) is 8.04. The number of ketones is 1. The van der Waals surface area contributed by atoms with Gasteiger partial charge in [0.05, 0.1) is 16.3 Å². The number of hydrogen-bond acceptors (Lipinski definition) is 7. The fraction of sp³-hybridized carbons (Fsp3) is 0.318. The molecule has 0 spiro atoms. The van der Waals surface area contributed by atoms with Crippen LogP contribution in [0.25, 0.3) is 10.6 Å². The summed E-state index contributed by atoms with van der Waals surface area (Å²) in [5, 5.41) is 8.97. The number of Topliss-reactive ketones (excluding diaryl/α,β-unsaturated/α-hetero) is 1. The number of carbonyl (C=O) groups excluding carboxylic acids is 2. The number of nitrogens with one attached hydrogen (secondary N) is 1. The van der Waals surface area contributed by atoms with Crippen molar-refractivity contribution in [3.8, 4) is 16.4 Å². The van der Waals surface area contributed by atoms with Gasteiger partial charge in [0.15, 0.2) is 18.2 Å². The molecular formula is C22H21N3O4S. The van der Waals surface area contributed by atoms with Gasteiger partial charge in [0.1, 0.15) is 5.75 Å². The van der Waals surface area contributed by atoms with E-state index < -0.39 is 0 Å². The quantitative estimate of drug-likeness (QED) is 0.628. The van der Waals surface area contributed by atoms with E-state index >= 15 is 0 Å². The summed E-state index contributed by atoms with van der Waals surface area (Å²) in [6, 6.07) is 11.3. The van der Waals surface area contributed by atoms with E-state index in [0.717, 1.165) is 48.8 Å². The number of aromatic nitrogens is 1. The van der Waals surface area contributed by atoms with Gasteiger partial charge in [-0.1, -0.05) is 11.2 Å². The first kappa shape index (κ1) is 19.0. The summed E-state index contributed by atoms with van der Waals surface area (Å²) in [5.74, 6) is 1.32. The molecule has 1 aromatic carbocycles. The van der Waals surface area contributed by atoms with Crippen molar-refractivity contribution in [2.75, 3.05) is 25.0 Å². The van der Waals surface area contributed by atoms with E-state index in [1.54, 1.807) is 29.5 Å². The molecule has 7 nitrogen and oxygen atoms in total. The number of fused-ring (bicyclic) bond motifs is 1. The number of piperidine rings is 1. The standard InChI is InChI=1S/C22H21N3O4S/c26-21-13-28-18-4-3-15(10-17(18)23-21)22(27)14-5-7-25(8-6-14)12-16-11-19(29-24-16)20-2-1-9-30-20/h1-4,9-11,14H,5-8,12-13H2,(H,23,26). The van der Waals surface area contributed by atoms with E-state index in [9.17, 15) is 9.59 Å². The van der Waals surface area contributed by atoms with Gasteiger partial charge in [0.25, 0.3) is 5.91 Å². The maximum Gasteiger partial charge on any atom is 0.262 e. The van der Waals surface area contributed by atoms with Crippen LogP contribution in [0, 0.1) is 5.92 Å². The molecule has 0 radical (unpaired) electrons. The van der Waals surface area contributed by atoms with Gasteiger partial charge in [-0.3, -0.25) is 14.5 Å². The minimum absolute atomic E-state index is 0.0130. The monoisotopic (exact) mass is 423 g/mol. The molecule has 5 rings (SSSR count). The maximum atomic E-state index is 13.0. The molecule has 3 aromatic rings. The van der Waals surface area contributed by atoms with E-state index in [2.05, 4.69) is 15.4 Å². The van der Waals surface area contributed by atoms with Crippen molar-refractivity contribution in [1.82, 2.24) is 10.1 Å². The fourth-order valence-electron chi connectivity index (χ4n) is 3.98. The third-order valence-corrected chi connectivity index (χ3v) is 6.45. The van der Waals surface area contributed by atoms with Gasteiger partial charge in [-0.05, 0) is 55.6 Å². The van der Waals surface area contributed by atoms with Crippen molar-refractivity contribution in [2.24, 2.45) is 5.92 Å². The van der Waals surface area contributed by atoms with E-state index in [0.29, 0.717) is 17.0 Å². The lowest BCUT2D eigenvalue weighted by Crippen LogP contribution is -2.36. The number of likely N-dealkylation sites (tertiary alicyclic amines) is 1. The second-order valence-corrected chi connectivity index (χ2v) is 8.57. The van der Waals surface area contributed by atoms with Crippen LogP contribution in [0.4, 0.5) is 5.69 Å². The zero-order valence-electron chi connectivity index (χ0n) is 16.3. The van der Waals surface area contributed by atoms with E-state index in [4.69, 9.17) is 9.26 Å². The maximum absolute atomic E-state index is 13.0. The molecular weight excluding hydrogens is 402 g/mol. The zero-order chi connectivity index (χ0) is 20.5. The molecule has 8 heteroatoms. The van der Waals surface area contributed by atoms with Crippen LogP contribution >= 0.6 is 11.3 Å². The highest BCUT2D eigenvalue weighted by molar-refractivity contribution is 7.13. The summed E-state index contributed by atoms with van der Waals surface area (Å²) in [5.41, 5.74) is 2.10. The van der Waals surface area contributed by atoms with Crippen LogP contribution in [-0.4, -0.2) is 41.4 Å². The molecule has 0 saturated carbocycles. The number of nitrogens with zero attached hydrogens (tertiary/aromatic N) is 2. The van der Waals surface area contributed by atoms with Crippen molar-refractivity contribution in [1.29, 1.82) is 0 Å². The van der Waals surface area contributed by atoms with Crippen LogP contribution in [0.5, 0.6) is 5.75 Å². The van der Waals surface area contributed by atoms with Crippen LogP contribution in [0.3, 0.4) is 0 Å². The number of thiophene rings is 1. The lowest BCUT2D eigenvalue weighted by Gasteiger charge is -2.30. The van der Waals surface area contributed by atoms with Gasteiger partial charge < -0.3 is 14.6 Å². The van der Waals surface area contributed by atoms with Crippen LogP contribution in [0.1, 0.15) is 28.9 Å². The Hall–Kier alpha value is -2.97. The Labute approximate surface area is 177 Å². The highest BCUT2D eigenvalue weighted by atomic mass is 32.1. The number of amides is 1. The number of benzene rings is 1. The summed E-state index contributed by atoms with van der Waals surface area (Å²) >= 11 is 1.63. The Kier molecular flexibility index (Phi) is 5.10. The summed E-state index contributed by atoms with van der Waals surface area (Å²) in [6.07, 6.45) is 1.60. The molecule has 2 aliphatic heterocycles. The first-order valence-electron chi connectivity index (χ1n) is 9.98. The Balaban J connectivity index is 1.18. The predicted octanol–water partition coefficient (Wildman–Crippen LogP) is 3.83. The van der Waals surface area contributed by atoms with Crippen molar-refractivity contribution in [3.63, 3.8) is 0 Å². The lowest BCUT2D eigenvalue weighted by atomic mass is 9.88. The topological polar surface area (TPSA) is 84.7 Å². The van der Waals surface area contributed by atoms with Crippen LogP contribution < -0.4 is 10.1 Å². The predicted molar refractivity (Wildman–Crippen MR) is 113 cm³/mol. The largest absolute Gasteiger partial charge is 0.482 e. The van der Waals surface area contributed by atoms with E-state index in [-0.39, 0.29) is 24.2 Å². The first-order chi connectivity index (χ1) is 14.7.